The van der Waals surface area contributed by atoms with Crippen LogP contribution in [-0.2, 0) is 4.79 Å². The van der Waals surface area contributed by atoms with E-state index in [-0.39, 0.29) is 11.6 Å². The molecule has 1 aromatic rings. The van der Waals surface area contributed by atoms with Crippen molar-refractivity contribution in [1.82, 2.24) is 5.32 Å². The molecular formula is C13H13FN2O2. The Morgan fingerprint density at radius 1 is 1.33 bits per heavy atom. The molecule has 1 unspecified atom stereocenters. The van der Waals surface area contributed by atoms with Gasteiger partial charge in [-0.2, -0.15) is 0 Å². The quantitative estimate of drug-likeness (QED) is 0.832. The predicted octanol–water partition coefficient (Wildman–Crippen LogP) is 2.05. The van der Waals surface area contributed by atoms with Crippen LogP contribution >= 0.6 is 0 Å². The summed E-state index contributed by atoms with van der Waals surface area (Å²) in [5.41, 5.74) is 0.288. The molecule has 0 bridgehead atoms. The lowest BCUT2D eigenvalue weighted by molar-refractivity contribution is -0.118. The maximum absolute atomic E-state index is 13.1. The number of rotatable bonds is 3. The number of nitrogens with zero attached hydrogens (tertiary/aromatic N) is 1. The number of hydrogen-bond acceptors (Lipinski definition) is 2. The average molecular weight is 248 g/mol. The van der Waals surface area contributed by atoms with Crippen molar-refractivity contribution in [3.8, 4) is 0 Å². The number of amides is 3. The number of anilines is 1. The van der Waals surface area contributed by atoms with E-state index in [2.05, 4.69) is 5.32 Å². The largest absolute Gasteiger partial charge is 0.329 e. The fraction of sp³-hybridized carbons (Fsp3) is 0.385. The van der Waals surface area contributed by atoms with Crippen LogP contribution in [0.2, 0.25) is 0 Å². The Kier molecular flexibility index (Phi) is 2.54. The van der Waals surface area contributed by atoms with Crippen LogP contribution in [0.3, 0.4) is 0 Å². The van der Waals surface area contributed by atoms with Crippen LogP contribution in [0, 0.1) is 11.7 Å². The highest BCUT2D eigenvalue weighted by atomic mass is 19.1. The summed E-state index contributed by atoms with van der Waals surface area (Å²) in [5.74, 6) is -0.192. The van der Waals surface area contributed by atoms with Gasteiger partial charge in [0.05, 0.1) is 5.69 Å². The van der Waals surface area contributed by atoms with Gasteiger partial charge in [-0.05, 0) is 30.5 Å². The van der Waals surface area contributed by atoms with Gasteiger partial charge in [-0.3, -0.25) is 4.79 Å². The molecule has 2 fully saturated rings. The van der Waals surface area contributed by atoms with Crippen LogP contribution in [0.1, 0.15) is 19.3 Å². The van der Waals surface area contributed by atoms with Crippen molar-refractivity contribution >= 4 is 17.6 Å². The first-order valence-corrected chi connectivity index (χ1v) is 6.05. The summed E-state index contributed by atoms with van der Waals surface area (Å²) in [4.78, 5) is 24.9. The van der Waals surface area contributed by atoms with Gasteiger partial charge in [0.15, 0.2) is 0 Å². The Hall–Kier alpha value is -1.91. The molecule has 1 aliphatic carbocycles. The molecular weight excluding hydrogens is 235 g/mol. The molecule has 1 atom stereocenters. The van der Waals surface area contributed by atoms with Crippen LogP contribution in [0.4, 0.5) is 14.9 Å². The molecule has 3 rings (SSSR count). The third kappa shape index (κ3) is 1.96. The molecule has 1 aliphatic heterocycles. The van der Waals surface area contributed by atoms with E-state index < -0.39 is 17.9 Å². The van der Waals surface area contributed by atoms with Gasteiger partial charge in [-0.25, -0.2) is 14.1 Å². The Morgan fingerprint density at radius 2 is 2.11 bits per heavy atom. The third-order valence-electron chi connectivity index (χ3n) is 3.35. The van der Waals surface area contributed by atoms with Crippen LogP contribution in [-0.4, -0.2) is 18.0 Å². The van der Waals surface area contributed by atoms with Crippen molar-refractivity contribution in [2.24, 2.45) is 5.92 Å². The lowest BCUT2D eigenvalue weighted by Gasteiger charge is -2.12. The number of imide groups is 1. The molecule has 1 aromatic carbocycles. The minimum Gasteiger partial charge on any atom is -0.325 e. The average Bonchev–Trinajstić information content (AvgIpc) is 3.07. The van der Waals surface area contributed by atoms with Crippen LogP contribution in [0.25, 0.3) is 0 Å². The molecule has 3 amide bonds. The molecule has 18 heavy (non-hydrogen) atoms. The summed E-state index contributed by atoms with van der Waals surface area (Å²) in [6.07, 6.45) is 2.94. The van der Waals surface area contributed by atoms with Crippen LogP contribution in [0.15, 0.2) is 24.3 Å². The first kappa shape index (κ1) is 11.2. The third-order valence-corrected chi connectivity index (χ3v) is 3.35. The summed E-state index contributed by atoms with van der Waals surface area (Å²) >= 11 is 0. The van der Waals surface area contributed by atoms with Crippen molar-refractivity contribution < 1.29 is 14.0 Å². The molecule has 0 radical (unpaired) electrons. The number of nitrogens with one attached hydrogen (secondary N) is 1. The maximum Gasteiger partial charge on any atom is 0.329 e. The molecule has 1 heterocycles. The summed E-state index contributed by atoms with van der Waals surface area (Å²) < 4.78 is 13.1. The van der Waals surface area contributed by atoms with Crippen molar-refractivity contribution in [1.29, 1.82) is 0 Å². The second-order valence-electron chi connectivity index (χ2n) is 4.83. The molecule has 0 aromatic heterocycles. The van der Waals surface area contributed by atoms with Crippen molar-refractivity contribution in [3.05, 3.63) is 30.1 Å². The van der Waals surface area contributed by atoms with Gasteiger partial charge in [0, 0.05) is 0 Å². The highest BCUT2D eigenvalue weighted by Crippen LogP contribution is 2.35. The minimum absolute atomic E-state index is 0.280. The summed E-state index contributed by atoms with van der Waals surface area (Å²) in [7, 11) is 0. The number of benzene rings is 1. The zero-order valence-electron chi connectivity index (χ0n) is 9.73. The number of carbonyl (C=O) groups is 2. The molecule has 1 saturated heterocycles. The standard InChI is InChI=1S/C13H13FN2O2/c14-9-2-1-3-10(7-9)16-12(17)11(15-13(16)18)6-8-4-5-8/h1-3,7-8,11H,4-6H2,(H,15,18). The van der Waals surface area contributed by atoms with Gasteiger partial charge in [0.1, 0.15) is 11.9 Å². The smallest absolute Gasteiger partial charge is 0.325 e. The number of hydrogen-bond donors (Lipinski definition) is 1. The van der Waals surface area contributed by atoms with Gasteiger partial charge < -0.3 is 5.32 Å². The van der Waals surface area contributed by atoms with E-state index in [4.69, 9.17) is 0 Å². The first-order chi connectivity index (χ1) is 8.65. The van der Waals surface area contributed by atoms with Gasteiger partial charge >= 0.3 is 6.03 Å². The second kappa shape index (κ2) is 4.08. The lowest BCUT2D eigenvalue weighted by atomic mass is 10.1. The van der Waals surface area contributed by atoms with Crippen LogP contribution in [0.5, 0.6) is 0 Å². The Morgan fingerprint density at radius 3 is 2.78 bits per heavy atom. The fourth-order valence-electron chi connectivity index (χ4n) is 2.24. The van der Waals surface area contributed by atoms with E-state index >= 15 is 0 Å². The predicted molar refractivity (Wildman–Crippen MR) is 63.5 cm³/mol. The van der Waals surface area contributed by atoms with E-state index in [0.717, 1.165) is 17.7 Å². The van der Waals surface area contributed by atoms with E-state index in [1.807, 2.05) is 0 Å². The van der Waals surface area contributed by atoms with Crippen LogP contribution < -0.4 is 10.2 Å². The number of urea groups is 1. The lowest BCUT2D eigenvalue weighted by Crippen LogP contribution is -2.31. The molecule has 1 N–H and O–H groups in total. The summed E-state index contributed by atoms with van der Waals surface area (Å²) in [6, 6.07) is 4.60. The van der Waals surface area contributed by atoms with E-state index in [1.54, 1.807) is 6.07 Å². The zero-order valence-corrected chi connectivity index (χ0v) is 9.73. The van der Waals surface area contributed by atoms with Gasteiger partial charge in [-0.1, -0.05) is 18.9 Å². The molecule has 94 valence electrons. The van der Waals surface area contributed by atoms with Crippen molar-refractivity contribution in [3.63, 3.8) is 0 Å². The summed E-state index contributed by atoms with van der Waals surface area (Å²) in [6.45, 7) is 0. The highest BCUT2D eigenvalue weighted by Gasteiger charge is 2.41. The monoisotopic (exact) mass is 248 g/mol. The van der Waals surface area contributed by atoms with Gasteiger partial charge in [-0.15, -0.1) is 0 Å². The Bertz CT molecular complexity index is 513. The zero-order chi connectivity index (χ0) is 12.7. The minimum atomic E-state index is -0.462. The normalized spacial score (nSPS) is 23.4. The second-order valence-corrected chi connectivity index (χ2v) is 4.83. The van der Waals surface area contributed by atoms with E-state index in [1.165, 1.54) is 18.2 Å². The number of halogens is 1. The van der Waals surface area contributed by atoms with Gasteiger partial charge in [0.25, 0.3) is 5.91 Å². The molecule has 2 aliphatic rings. The highest BCUT2D eigenvalue weighted by molar-refractivity contribution is 6.21. The van der Waals surface area contributed by atoms with Crippen molar-refractivity contribution in [2.45, 2.75) is 25.3 Å². The Balaban J connectivity index is 1.83. The Labute approximate surface area is 104 Å². The molecule has 5 heteroatoms. The molecule has 1 saturated carbocycles. The molecule has 4 nitrogen and oxygen atoms in total. The maximum atomic E-state index is 13.1. The molecule has 0 spiro atoms. The van der Waals surface area contributed by atoms with E-state index in [0.29, 0.717) is 12.3 Å². The fourth-order valence-corrected chi connectivity index (χ4v) is 2.24. The first-order valence-electron chi connectivity index (χ1n) is 6.05. The van der Waals surface area contributed by atoms with Crippen molar-refractivity contribution in [2.75, 3.05) is 4.90 Å². The summed E-state index contributed by atoms with van der Waals surface area (Å²) in [5, 5.41) is 2.66. The van der Waals surface area contributed by atoms with E-state index in [9.17, 15) is 14.0 Å². The van der Waals surface area contributed by atoms with Gasteiger partial charge in [0.2, 0.25) is 0 Å². The number of carbonyl (C=O) groups excluding carboxylic acids is 2. The SMILES string of the molecule is O=C1NC(CC2CC2)C(=O)N1c1cccc(F)c1. The topological polar surface area (TPSA) is 49.4 Å².